The van der Waals surface area contributed by atoms with Gasteiger partial charge in [-0.15, -0.1) is 13.2 Å². The predicted octanol–water partition coefficient (Wildman–Crippen LogP) is 5.00. The Hall–Kier alpha value is -4.01. The molecule has 9 heteroatoms. The van der Waals surface area contributed by atoms with Crippen molar-refractivity contribution in [3.63, 3.8) is 0 Å². The summed E-state index contributed by atoms with van der Waals surface area (Å²) < 4.78 is 51.5. The third kappa shape index (κ3) is 4.83. The Balaban J connectivity index is 1.40. The van der Waals surface area contributed by atoms with Crippen LogP contribution in [-0.2, 0) is 14.3 Å². The molecule has 0 bridgehead atoms. The zero-order chi connectivity index (χ0) is 22.7. The Morgan fingerprint density at radius 1 is 0.875 bits per heavy atom. The highest BCUT2D eigenvalue weighted by Crippen LogP contribution is 2.44. The molecule has 1 amide bonds. The lowest BCUT2D eigenvalue weighted by Gasteiger charge is -2.26. The van der Waals surface area contributed by atoms with E-state index in [9.17, 15) is 22.8 Å². The van der Waals surface area contributed by atoms with Gasteiger partial charge in [-0.1, -0.05) is 36.4 Å². The molecule has 1 N–H and O–H groups in total. The third-order valence-electron chi connectivity index (χ3n) is 4.63. The van der Waals surface area contributed by atoms with Crippen molar-refractivity contribution in [2.24, 2.45) is 0 Å². The molecule has 0 aromatic heterocycles. The second-order valence-corrected chi connectivity index (χ2v) is 6.84. The van der Waals surface area contributed by atoms with Crippen molar-refractivity contribution in [1.29, 1.82) is 0 Å². The summed E-state index contributed by atoms with van der Waals surface area (Å²) in [6.07, 6.45) is -4.81. The first-order chi connectivity index (χ1) is 15.3. The van der Waals surface area contributed by atoms with Crippen molar-refractivity contribution in [1.82, 2.24) is 0 Å². The van der Waals surface area contributed by atoms with Crippen molar-refractivity contribution in [3.05, 3.63) is 83.9 Å². The molecular formula is C23H16F3NO5. The van der Waals surface area contributed by atoms with Gasteiger partial charge in [-0.25, -0.2) is 0 Å². The number of fused-ring (bicyclic) bond motifs is 2. The Kier molecular flexibility index (Phi) is 5.72. The summed E-state index contributed by atoms with van der Waals surface area (Å²) in [6, 6.07) is 18.7. The molecule has 0 saturated carbocycles. The summed E-state index contributed by atoms with van der Waals surface area (Å²) in [5.74, 6) is -1.40. The minimum absolute atomic E-state index is 0.224. The first-order valence-electron chi connectivity index (χ1n) is 9.48. The molecule has 0 fully saturated rings. The van der Waals surface area contributed by atoms with Crippen LogP contribution in [0.1, 0.15) is 17.0 Å². The van der Waals surface area contributed by atoms with E-state index in [4.69, 9.17) is 9.47 Å². The third-order valence-corrected chi connectivity index (χ3v) is 4.63. The topological polar surface area (TPSA) is 73.9 Å². The van der Waals surface area contributed by atoms with Crippen LogP contribution in [0.4, 0.5) is 18.9 Å². The number of anilines is 1. The maximum Gasteiger partial charge on any atom is 0.573 e. The molecule has 4 rings (SSSR count). The number of hydrogen-bond acceptors (Lipinski definition) is 5. The van der Waals surface area contributed by atoms with Crippen molar-refractivity contribution < 1.29 is 37.0 Å². The predicted molar refractivity (Wildman–Crippen MR) is 108 cm³/mol. The highest BCUT2D eigenvalue weighted by molar-refractivity contribution is 5.94. The Bertz CT molecular complexity index is 1100. The molecule has 0 saturated heterocycles. The van der Waals surface area contributed by atoms with Crippen LogP contribution in [0.15, 0.2) is 72.8 Å². The van der Waals surface area contributed by atoms with Crippen molar-refractivity contribution in [2.75, 3.05) is 11.9 Å². The number of ether oxygens (including phenoxy) is 3. The molecule has 6 nitrogen and oxygen atoms in total. The lowest BCUT2D eigenvalue weighted by Crippen LogP contribution is -2.26. The number of para-hydroxylation sites is 2. The van der Waals surface area contributed by atoms with Gasteiger partial charge in [0, 0.05) is 16.8 Å². The molecule has 3 aromatic carbocycles. The summed E-state index contributed by atoms with van der Waals surface area (Å²) in [7, 11) is 0. The van der Waals surface area contributed by atoms with Gasteiger partial charge in [0.15, 0.2) is 6.61 Å². The van der Waals surface area contributed by atoms with Gasteiger partial charge in [0.05, 0.1) is 0 Å². The van der Waals surface area contributed by atoms with E-state index in [2.05, 4.69) is 10.1 Å². The van der Waals surface area contributed by atoms with E-state index in [1.807, 2.05) is 0 Å². The van der Waals surface area contributed by atoms with Crippen LogP contribution in [0.5, 0.6) is 17.2 Å². The van der Waals surface area contributed by atoms with Gasteiger partial charge in [0.1, 0.15) is 23.2 Å². The van der Waals surface area contributed by atoms with Crippen molar-refractivity contribution in [2.45, 2.75) is 12.3 Å². The number of nitrogens with one attached hydrogen (secondary N) is 1. The van der Waals surface area contributed by atoms with E-state index in [1.165, 1.54) is 12.1 Å². The van der Waals surface area contributed by atoms with Crippen molar-refractivity contribution >= 4 is 17.6 Å². The molecule has 1 aliphatic rings. The molecule has 1 heterocycles. The van der Waals surface area contributed by atoms with E-state index < -0.39 is 36.5 Å². The number of hydrogen-bond donors (Lipinski definition) is 1. The molecule has 0 spiro atoms. The number of halogens is 3. The summed E-state index contributed by atoms with van der Waals surface area (Å²) in [4.78, 5) is 25.1. The fraction of sp³-hybridized carbons (Fsp3) is 0.130. The summed E-state index contributed by atoms with van der Waals surface area (Å²) >= 11 is 0. The number of carbonyl (C=O) groups excluding carboxylic acids is 2. The lowest BCUT2D eigenvalue weighted by atomic mass is 9.88. The lowest BCUT2D eigenvalue weighted by molar-refractivity contribution is -0.274. The zero-order valence-corrected chi connectivity index (χ0v) is 16.4. The van der Waals surface area contributed by atoms with Gasteiger partial charge in [-0.2, -0.15) is 0 Å². The molecule has 1 aliphatic heterocycles. The van der Waals surface area contributed by atoms with E-state index in [1.54, 1.807) is 48.5 Å². The number of rotatable bonds is 5. The summed E-state index contributed by atoms with van der Waals surface area (Å²) in [5, 5.41) is 2.45. The van der Waals surface area contributed by atoms with Crippen LogP contribution in [0.25, 0.3) is 0 Å². The summed E-state index contributed by atoms with van der Waals surface area (Å²) in [6.45, 7) is -0.568. The molecule has 0 unspecified atom stereocenters. The first-order valence-corrected chi connectivity index (χ1v) is 9.48. The van der Waals surface area contributed by atoms with Crippen LogP contribution in [0, 0.1) is 0 Å². The fourth-order valence-corrected chi connectivity index (χ4v) is 3.32. The van der Waals surface area contributed by atoms with Gasteiger partial charge in [-0.05, 0) is 36.4 Å². The molecule has 164 valence electrons. The minimum atomic E-state index is -4.81. The highest BCUT2D eigenvalue weighted by Gasteiger charge is 2.34. The Morgan fingerprint density at radius 3 is 2.00 bits per heavy atom. The average molecular weight is 443 g/mol. The molecule has 0 aliphatic carbocycles. The fourth-order valence-electron chi connectivity index (χ4n) is 3.32. The van der Waals surface area contributed by atoms with Crippen molar-refractivity contribution in [3.8, 4) is 17.2 Å². The van der Waals surface area contributed by atoms with E-state index in [0.29, 0.717) is 22.6 Å². The SMILES string of the molecule is O=C(COC(=O)C1c2ccccc2Oc2ccccc21)Nc1ccc(OC(F)(F)F)cc1. The molecule has 0 radical (unpaired) electrons. The normalized spacial score (nSPS) is 12.7. The highest BCUT2D eigenvalue weighted by atomic mass is 19.4. The van der Waals surface area contributed by atoms with Gasteiger partial charge in [0.2, 0.25) is 0 Å². The maximum absolute atomic E-state index is 12.9. The number of benzene rings is 3. The molecule has 0 atom stereocenters. The van der Waals surface area contributed by atoms with Gasteiger partial charge in [-0.3, -0.25) is 9.59 Å². The standard InChI is InChI=1S/C23H16F3NO5/c24-23(25,26)32-15-11-9-14(10-12-15)27-20(28)13-30-22(29)21-16-5-1-3-7-18(16)31-19-8-4-2-6-17(19)21/h1-12,21H,13H2,(H,27,28). The Morgan fingerprint density at radius 2 is 1.44 bits per heavy atom. The smallest absolute Gasteiger partial charge is 0.457 e. The zero-order valence-electron chi connectivity index (χ0n) is 16.4. The first kappa shape index (κ1) is 21.2. The number of esters is 1. The van der Waals surface area contributed by atoms with E-state index >= 15 is 0 Å². The van der Waals surface area contributed by atoms with Gasteiger partial charge < -0.3 is 19.5 Å². The van der Waals surface area contributed by atoms with E-state index in [0.717, 1.165) is 12.1 Å². The van der Waals surface area contributed by atoms with Crippen LogP contribution in [0.2, 0.25) is 0 Å². The van der Waals surface area contributed by atoms with Gasteiger partial charge in [0.25, 0.3) is 5.91 Å². The second-order valence-electron chi connectivity index (χ2n) is 6.84. The van der Waals surface area contributed by atoms with Crippen LogP contribution in [0.3, 0.4) is 0 Å². The number of carbonyl (C=O) groups is 2. The van der Waals surface area contributed by atoms with Crippen LogP contribution < -0.4 is 14.8 Å². The quantitative estimate of drug-likeness (QED) is 0.562. The number of alkyl halides is 3. The Labute approximate surface area is 180 Å². The van der Waals surface area contributed by atoms with Crippen LogP contribution in [-0.4, -0.2) is 24.8 Å². The van der Waals surface area contributed by atoms with E-state index in [-0.39, 0.29) is 5.69 Å². The van der Waals surface area contributed by atoms with Gasteiger partial charge >= 0.3 is 12.3 Å². The summed E-state index contributed by atoms with van der Waals surface area (Å²) in [5.41, 5.74) is 1.47. The molecule has 3 aromatic rings. The maximum atomic E-state index is 12.9. The largest absolute Gasteiger partial charge is 0.573 e. The average Bonchev–Trinajstić information content (AvgIpc) is 2.76. The monoisotopic (exact) mass is 443 g/mol. The minimum Gasteiger partial charge on any atom is -0.457 e. The molecular weight excluding hydrogens is 427 g/mol. The molecule has 32 heavy (non-hydrogen) atoms. The second kappa shape index (κ2) is 8.62. The van der Waals surface area contributed by atoms with Crippen LogP contribution >= 0.6 is 0 Å². The number of amides is 1.